The highest BCUT2D eigenvalue weighted by atomic mass is 79.9. The monoisotopic (exact) mass is 312 g/mol. The van der Waals surface area contributed by atoms with Crippen molar-refractivity contribution >= 4 is 44.0 Å². The molecule has 0 aliphatic rings. The first kappa shape index (κ1) is 12.0. The van der Waals surface area contributed by atoms with Crippen LogP contribution in [0.1, 0.15) is 10.4 Å². The second kappa shape index (κ2) is 5.24. The van der Waals surface area contributed by atoms with Gasteiger partial charge >= 0.3 is 0 Å². The minimum atomic E-state index is -0.210. The van der Waals surface area contributed by atoms with Crippen molar-refractivity contribution in [1.29, 1.82) is 0 Å². The first-order chi connectivity index (χ1) is 8.20. The van der Waals surface area contributed by atoms with Gasteiger partial charge in [-0.25, -0.2) is 4.98 Å². The quantitative estimate of drug-likeness (QED) is 0.914. The number of halogens is 1. The van der Waals surface area contributed by atoms with Gasteiger partial charge in [-0.1, -0.05) is 11.3 Å². The third-order valence-corrected chi connectivity index (χ3v) is 3.42. The van der Waals surface area contributed by atoms with Crippen LogP contribution in [0, 0.1) is 0 Å². The molecule has 0 atom stereocenters. The molecular weight excluding hydrogens is 304 g/mol. The summed E-state index contributed by atoms with van der Waals surface area (Å²) in [5, 5.41) is 6.20. The van der Waals surface area contributed by atoms with Gasteiger partial charge in [-0.05, 0) is 22.0 Å². The second-order valence-electron chi connectivity index (χ2n) is 3.09. The molecule has 1 amide bonds. The molecule has 2 aromatic heterocycles. The third-order valence-electron chi connectivity index (χ3n) is 2.03. The standard InChI is InChI=1S/C10H9BrN4OS/c1-12-7-4-13-3-2-6(7)9(16)15-10-14-5-8(11)17-10/h2-5,12H,1H3,(H,14,15,16). The number of pyridine rings is 1. The average Bonchev–Trinajstić information content (AvgIpc) is 2.74. The molecule has 7 heteroatoms. The highest BCUT2D eigenvalue weighted by molar-refractivity contribution is 9.11. The number of amides is 1. The van der Waals surface area contributed by atoms with E-state index in [-0.39, 0.29) is 5.91 Å². The first-order valence-corrected chi connectivity index (χ1v) is 6.36. The minimum absolute atomic E-state index is 0.210. The van der Waals surface area contributed by atoms with E-state index in [1.54, 1.807) is 31.7 Å². The highest BCUT2D eigenvalue weighted by Crippen LogP contribution is 2.24. The van der Waals surface area contributed by atoms with Gasteiger partial charge in [-0.2, -0.15) is 0 Å². The molecule has 0 fully saturated rings. The molecule has 2 heterocycles. The average molecular weight is 313 g/mol. The van der Waals surface area contributed by atoms with Crippen molar-refractivity contribution in [2.75, 3.05) is 17.7 Å². The normalized spacial score (nSPS) is 10.0. The Morgan fingerprint density at radius 1 is 1.47 bits per heavy atom. The summed E-state index contributed by atoms with van der Waals surface area (Å²) in [5.41, 5.74) is 1.22. The number of rotatable bonds is 3. The maximum atomic E-state index is 12.0. The van der Waals surface area contributed by atoms with Crippen molar-refractivity contribution < 1.29 is 4.79 Å². The number of thiazole rings is 1. The van der Waals surface area contributed by atoms with E-state index in [4.69, 9.17) is 0 Å². The summed E-state index contributed by atoms with van der Waals surface area (Å²) in [5.74, 6) is -0.210. The van der Waals surface area contributed by atoms with E-state index >= 15 is 0 Å². The lowest BCUT2D eigenvalue weighted by Gasteiger charge is -2.06. The minimum Gasteiger partial charge on any atom is -0.386 e. The van der Waals surface area contributed by atoms with Crippen LogP contribution in [-0.4, -0.2) is 22.9 Å². The van der Waals surface area contributed by atoms with Crippen molar-refractivity contribution in [3.8, 4) is 0 Å². The Hall–Kier alpha value is -1.47. The highest BCUT2D eigenvalue weighted by Gasteiger charge is 2.12. The molecule has 88 valence electrons. The lowest BCUT2D eigenvalue weighted by Crippen LogP contribution is -2.13. The molecular formula is C10H9BrN4OS. The van der Waals surface area contributed by atoms with Gasteiger partial charge < -0.3 is 5.32 Å². The summed E-state index contributed by atoms with van der Waals surface area (Å²) in [4.78, 5) is 20.0. The maximum absolute atomic E-state index is 12.0. The predicted octanol–water partition coefficient (Wildman–Crippen LogP) is 2.59. The number of nitrogens with one attached hydrogen (secondary N) is 2. The number of hydrogen-bond acceptors (Lipinski definition) is 5. The van der Waals surface area contributed by atoms with Crippen LogP contribution < -0.4 is 10.6 Å². The van der Waals surface area contributed by atoms with Gasteiger partial charge in [-0.3, -0.25) is 15.1 Å². The zero-order valence-electron chi connectivity index (χ0n) is 8.90. The Bertz CT molecular complexity index is 543. The molecule has 5 nitrogen and oxygen atoms in total. The SMILES string of the molecule is CNc1cnccc1C(=O)Nc1ncc(Br)s1. The number of aromatic nitrogens is 2. The maximum Gasteiger partial charge on any atom is 0.259 e. The number of nitrogens with zero attached hydrogens (tertiary/aromatic N) is 2. The van der Waals surface area contributed by atoms with Crippen LogP contribution in [0.4, 0.5) is 10.8 Å². The fourth-order valence-corrected chi connectivity index (χ4v) is 2.37. The van der Waals surface area contributed by atoms with Gasteiger partial charge in [0.2, 0.25) is 0 Å². The summed E-state index contributed by atoms with van der Waals surface area (Å²) in [6.45, 7) is 0. The van der Waals surface area contributed by atoms with Crippen LogP contribution in [-0.2, 0) is 0 Å². The fourth-order valence-electron chi connectivity index (χ4n) is 1.27. The van der Waals surface area contributed by atoms with E-state index in [0.29, 0.717) is 16.4 Å². The number of carbonyl (C=O) groups excluding carboxylic acids is 1. The van der Waals surface area contributed by atoms with E-state index in [9.17, 15) is 4.79 Å². The molecule has 0 aliphatic heterocycles. The zero-order valence-corrected chi connectivity index (χ0v) is 11.3. The van der Waals surface area contributed by atoms with Crippen molar-refractivity contribution in [2.45, 2.75) is 0 Å². The van der Waals surface area contributed by atoms with E-state index in [0.717, 1.165) is 3.79 Å². The largest absolute Gasteiger partial charge is 0.386 e. The van der Waals surface area contributed by atoms with Crippen LogP contribution >= 0.6 is 27.3 Å². The van der Waals surface area contributed by atoms with E-state index in [1.807, 2.05) is 0 Å². The summed E-state index contributed by atoms with van der Waals surface area (Å²) in [6, 6.07) is 1.66. The zero-order chi connectivity index (χ0) is 12.3. The Labute approximate surface area is 110 Å². The third kappa shape index (κ3) is 2.80. The number of anilines is 2. The molecule has 0 saturated heterocycles. The Kier molecular flexibility index (Phi) is 3.70. The first-order valence-electron chi connectivity index (χ1n) is 4.75. The summed E-state index contributed by atoms with van der Waals surface area (Å²) in [7, 11) is 1.74. The lowest BCUT2D eigenvalue weighted by atomic mass is 10.2. The van der Waals surface area contributed by atoms with Gasteiger partial charge in [0.1, 0.15) is 0 Å². The van der Waals surface area contributed by atoms with Crippen LogP contribution in [0.15, 0.2) is 28.4 Å². The topological polar surface area (TPSA) is 66.9 Å². The van der Waals surface area contributed by atoms with Crippen molar-refractivity contribution in [3.05, 3.63) is 34.0 Å². The van der Waals surface area contributed by atoms with Gasteiger partial charge in [-0.15, -0.1) is 0 Å². The van der Waals surface area contributed by atoms with Gasteiger partial charge in [0, 0.05) is 13.2 Å². The van der Waals surface area contributed by atoms with E-state index in [1.165, 1.54) is 11.3 Å². The molecule has 17 heavy (non-hydrogen) atoms. The molecule has 0 spiro atoms. The molecule has 2 aromatic rings. The second-order valence-corrected chi connectivity index (χ2v) is 5.50. The van der Waals surface area contributed by atoms with Crippen LogP contribution in [0.25, 0.3) is 0 Å². The summed E-state index contributed by atoms with van der Waals surface area (Å²) in [6.07, 6.45) is 4.83. The molecule has 0 bridgehead atoms. The fraction of sp³-hybridized carbons (Fsp3) is 0.100. The van der Waals surface area contributed by atoms with E-state index < -0.39 is 0 Å². The van der Waals surface area contributed by atoms with Crippen LogP contribution in [0.5, 0.6) is 0 Å². The van der Waals surface area contributed by atoms with Crippen LogP contribution in [0.3, 0.4) is 0 Å². The van der Waals surface area contributed by atoms with Crippen molar-refractivity contribution in [2.24, 2.45) is 0 Å². The Morgan fingerprint density at radius 3 is 2.94 bits per heavy atom. The molecule has 2 N–H and O–H groups in total. The number of hydrogen-bond donors (Lipinski definition) is 2. The van der Waals surface area contributed by atoms with Crippen LogP contribution in [0.2, 0.25) is 0 Å². The predicted molar refractivity (Wildman–Crippen MR) is 71.6 cm³/mol. The molecule has 0 saturated carbocycles. The summed E-state index contributed by atoms with van der Waals surface area (Å²) < 4.78 is 0.872. The molecule has 0 unspecified atom stereocenters. The Morgan fingerprint density at radius 2 is 2.29 bits per heavy atom. The number of carbonyl (C=O) groups is 1. The van der Waals surface area contributed by atoms with Gasteiger partial charge in [0.25, 0.3) is 5.91 Å². The van der Waals surface area contributed by atoms with Crippen molar-refractivity contribution in [3.63, 3.8) is 0 Å². The lowest BCUT2D eigenvalue weighted by molar-refractivity contribution is 0.102. The van der Waals surface area contributed by atoms with Crippen molar-refractivity contribution in [1.82, 2.24) is 9.97 Å². The molecule has 0 aromatic carbocycles. The van der Waals surface area contributed by atoms with Gasteiger partial charge in [0.15, 0.2) is 5.13 Å². The van der Waals surface area contributed by atoms with Gasteiger partial charge in [0.05, 0.1) is 27.4 Å². The Balaban J connectivity index is 2.20. The van der Waals surface area contributed by atoms with E-state index in [2.05, 4.69) is 36.5 Å². The molecule has 0 aliphatic carbocycles. The molecule has 0 radical (unpaired) electrons. The summed E-state index contributed by atoms with van der Waals surface area (Å²) >= 11 is 4.65. The molecule has 2 rings (SSSR count). The smallest absolute Gasteiger partial charge is 0.259 e.